The molecule has 1 aromatic carbocycles. The van der Waals surface area contributed by atoms with Crippen LogP contribution in [-0.2, 0) is 5.41 Å². The van der Waals surface area contributed by atoms with Gasteiger partial charge in [-0.3, -0.25) is 0 Å². The van der Waals surface area contributed by atoms with Crippen LogP contribution in [0.3, 0.4) is 0 Å². The summed E-state index contributed by atoms with van der Waals surface area (Å²) >= 11 is 0. The number of hydrogen-bond acceptors (Lipinski definition) is 0. The number of benzene rings is 1. The summed E-state index contributed by atoms with van der Waals surface area (Å²) < 4.78 is 0. The molecule has 0 aliphatic rings. The van der Waals surface area contributed by atoms with E-state index >= 15 is 0 Å². The summed E-state index contributed by atoms with van der Waals surface area (Å²) in [4.78, 5) is 0. The molecule has 71 valence electrons. The van der Waals surface area contributed by atoms with E-state index in [2.05, 4.69) is 53.7 Å². The monoisotopic (exact) mass is 175 g/mol. The van der Waals surface area contributed by atoms with Crippen molar-refractivity contribution in [2.24, 2.45) is 0 Å². The van der Waals surface area contributed by atoms with Crippen molar-refractivity contribution >= 4 is 0 Å². The Morgan fingerprint density at radius 2 is 1.62 bits per heavy atom. The van der Waals surface area contributed by atoms with Crippen LogP contribution in [0.1, 0.15) is 43.0 Å². The smallest absolute Gasteiger partial charge is 0.0117 e. The van der Waals surface area contributed by atoms with Gasteiger partial charge < -0.3 is 0 Å². The lowest BCUT2D eigenvalue weighted by Crippen LogP contribution is -2.15. The molecule has 0 aliphatic heterocycles. The maximum atomic E-state index is 3.39. The fraction of sp³-hybridized carbons (Fsp3) is 0.538. The molecule has 0 N–H and O–H groups in total. The summed E-state index contributed by atoms with van der Waals surface area (Å²) in [5.41, 5.74) is 5.60. The average molecular weight is 175 g/mol. The van der Waals surface area contributed by atoms with Gasteiger partial charge in [0.25, 0.3) is 0 Å². The summed E-state index contributed by atoms with van der Waals surface area (Å²) in [7, 11) is 0. The molecule has 1 radical (unpaired) electrons. The molecule has 0 saturated carbocycles. The second-order valence-electron chi connectivity index (χ2n) is 4.89. The Morgan fingerprint density at radius 1 is 1.08 bits per heavy atom. The highest BCUT2D eigenvalue weighted by molar-refractivity contribution is 5.40. The van der Waals surface area contributed by atoms with Crippen molar-refractivity contribution in [1.29, 1.82) is 0 Å². The van der Waals surface area contributed by atoms with Gasteiger partial charge in [-0.25, -0.2) is 0 Å². The maximum Gasteiger partial charge on any atom is -0.0117 e. The molecule has 0 amide bonds. The van der Waals surface area contributed by atoms with E-state index in [1.165, 1.54) is 22.3 Å². The number of hydrogen-bond donors (Lipinski definition) is 0. The molecule has 0 fully saturated rings. The van der Waals surface area contributed by atoms with Crippen molar-refractivity contribution in [1.82, 2.24) is 0 Å². The first-order chi connectivity index (χ1) is 5.82. The number of rotatable bonds is 0. The first kappa shape index (κ1) is 10.3. The molecule has 13 heavy (non-hydrogen) atoms. The van der Waals surface area contributed by atoms with Gasteiger partial charge in [-0.1, -0.05) is 26.8 Å². The SMILES string of the molecule is Cc1[c]c(C)c(C(C)(C)C)c(C)c1. The summed E-state index contributed by atoms with van der Waals surface area (Å²) in [6.07, 6.45) is 0. The molecule has 0 atom stereocenters. The minimum Gasteiger partial charge on any atom is -0.0561 e. The first-order valence-electron chi connectivity index (χ1n) is 4.83. The highest BCUT2D eigenvalue weighted by atomic mass is 14.2. The summed E-state index contributed by atoms with van der Waals surface area (Å²) in [6, 6.07) is 5.60. The van der Waals surface area contributed by atoms with E-state index in [0.29, 0.717) is 0 Å². The molecule has 0 aliphatic carbocycles. The van der Waals surface area contributed by atoms with Gasteiger partial charge in [0.05, 0.1) is 0 Å². The third-order valence-electron chi connectivity index (χ3n) is 2.34. The Balaban J connectivity index is 3.38. The Morgan fingerprint density at radius 3 is 2.00 bits per heavy atom. The van der Waals surface area contributed by atoms with Gasteiger partial charge in [-0.15, -0.1) is 0 Å². The van der Waals surface area contributed by atoms with Gasteiger partial charge in [-0.05, 0) is 54.5 Å². The molecule has 0 spiro atoms. The van der Waals surface area contributed by atoms with E-state index in [9.17, 15) is 0 Å². The van der Waals surface area contributed by atoms with Crippen molar-refractivity contribution in [3.8, 4) is 0 Å². The van der Waals surface area contributed by atoms with Gasteiger partial charge in [-0.2, -0.15) is 0 Å². The topological polar surface area (TPSA) is 0 Å². The fourth-order valence-corrected chi connectivity index (χ4v) is 2.24. The minimum absolute atomic E-state index is 0.234. The third kappa shape index (κ3) is 2.12. The van der Waals surface area contributed by atoms with Crippen LogP contribution in [0.25, 0.3) is 0 Å². The van der Waals surface area contributed by atoms with Gasteiger partial charge in [0.1, 0.15) is 0 Å². The molecule has 0 nitrogen and oxygen atoms in total. The predicted octanol–water partition coefficient (Wildman–Crippen LogP) is 3.71. The lowest BCUT2D eigenvalue weighted by Gasteiger charge is -2.24. The Labute approximate surface area is 82.0 Å². The minimum atomic E-state index is 0.234. The second kappa shape index (κ2) is 3.17. The van der Waals surface area contributed by atoms with Crippen LogP contribution >= 0.6 is 0 Å². The highest BCUT2D eigenvalue weighted by Gasteiger charge is 2.18. The third-order valence-corrected chi connectivity index (χ3v) is 2.34. The molecule has 1 rings (SSSR count). The van der Waals surface area contributed by atoms with Crippen LogP contribution in [0.5, 0.6) is 0 Å². The zero-order valence-corrected chi connectivity index (χ0v) is 9.58. The molecular weight excluding hydrogens is 156 g/mol. The van der Waals surface area contributed by atoms with E-state index in [1.54, 1.807) is 0 Å². The summed E-state index contributed by atoms with van der Waals surface area (Å²) in [6.45, 7) is 13.2. The molecule has 0 bridgehead atoms. The molecule has 0 aromatic heterocycles. The van der Waals surface area contributed by atoms with Crippen LogP contribution in [-0.4, -0.2) is 0 Å². The fourth-order valence-electron chi connectivity index (χ4n) is 2.24. The van der Waals surface area contributed by atoms with Crippen LogP contribution in [0.2, 0.25) is 0 Å². The van der Waals surface area contributed by atoms with Crippen molar-refractivity contribution < 1.29 is 0 Å². The van der Waals surface area contributed by atoms with Crippen molar-refractivity contribution in [2.45, 2.75) is 47.0 Å². The lowest BCUT2D eigenvalue weighted by molar-refractivity contribution is 0.581. The van der Waals surface area contributed by atoms with Crippen LogP contribution in [0.15, 0.2) is 6.07 Å². The van der Waals surface area contributed by atoms with Crippen LogP contribution in [0, 0.1) is 26.8 Å². The van der Waals surface area contributed by atoms with E-state index in [0.717, 1.165) is 0 Å². The first-order valence-corrected chi connectivity index (χ1v) is 4.83. The molecule has 0 heteroatoms. The average Bonchev–Trinajstić information content (AvgIpc) is 1.78. The normalized spacial score (nSPS) is 11.8. The van der Waals surface area contributed by atoms with Gasteiger partial charge in [0.15, 0.2) is 0 Å². The molecule has 1 aromatic rings. The highest BCUT2D eigenvalue weighted by Crippen LogP contribution is 2.29. The van der Waals surface area contributed by atoms with Crippen molar-refractivity contribution in [3.05, 3.63) is 34.4 Å². The quantitative estimate of drug-likeness (QED) is 0.564. The maximum absolute atomic E-state index is 3.39. The van der Waals surface area contributed by atoms with Gasteiger partial charge >= 0.3 is 0 Å². The van der Waals surface area contributed by atoms with Gasteiger partial charge in [0, 0.05) is 0 Å². The van der Waals surface area contributed by atoms with Crippen LogP contribution in [0.4, 0.5) is 0 Å². The molecule has 0 unspecified atom stereocenters. The molecule has 0 heterocycles. The van der Waals surface area contributed by atoms with E-state index < -0.39 is 0 Å². The van der Waals surface area contributed by atoms with E-state index in [1.807, 2.05) is 0 Å². The Bertz CT molecular complexity index is 290. The van der Waals surface area contributed by atoms with Crippen molar-refractivity contribution in [2.75, 3.05) is 0 Å². The van der Waals surface area contributed by atoms with E-state index in [-0.39, 0.29) is 5.41 Å². The summed E-state index contributed by atoms with van der Waals surface area (Å²) in [5.74, 6) is 0. The van der Waals surface area contributed by atoms with Crippen LogP contribution < -0.4 is 0 Å². The lowest BCUT2D eigenvalue weighted by atomic mass is 9.80. The van der Waals surface area contributed by atoms with E-state index in [4.69, 9.17) is 0 Å². The summed E-state index contributed by atoms with van der Waals surface area (Å²) in [5, 5.41) is 0. The molecular formula is C13H19. The predicted molar refractivity (Wildman–Crippen MR) is 58.2 cm³/mol. The largest absolute Gasteiger partial charge is 0.0561 e. The Kier molecular flexibility index (Phi) is 2.51. The molecule has 0 saturated heterocycles. The number of aryl methyl sites for hydroxylation is 3. The Hall–Kier alpha value is -0.780. The standard InChI is InChI=1S/C13H19/c1-9-7-10(2)12(11(3)8-9)13(4,5)6/h7H,1-6H3. The van der Waals surface area contributed by atoms with Gasteiger partial charge in [0.2, 0.25) is 0 Å². The zero-order chi connectivity index (χ0) is 10.2. The second-order valence-corrected chi connectivity index (χ2v) is 4.89. The van der Waals surface area contributed by atoms with Crippen molar-refractivity contribution in [3.63, 3.8) is 0 Å². The zero-order valence-electron chi connectivity index (χ0n) is 9.58.